The van der Waals surface area contributed by atoms with Crippen LogP contribution in [0, 0.1) is 5.92 Å². The molecule has 5 heteroatoms. The monoisotopic (exact) mass is 202 g/mol. The number of amides is 1. The summed E-state index contributed by atoms with van der Waals surface area (Å²) in [5.41, 5.74) is 5.37. The second-order valence-electron chi connectivity index (χ2n) is 2.86. The lowest BCUT2D eigenvalue weighted by Crippen LogP contribution is -2.38. The Morgan fingerprint density at radius 2 is 2.07 bits per heavy atom. The van der Waals surface area contributed by atoms with Gasteiger partial charge in [0.1, 0.15) is 6.54 Å². The van der Waals surface area contributed by atoms with Crippen LogP contribution in [-0.2, 0) is 14.3 Å². The van der Waals surface area contributed by atoms with Crippen LogP contribution in [0.25, 0.3) is 0 Å². The van der Waals surface area contributed by atoms with E-state index < -0.39 is 5.97 Å². The molecule has 0 aromatic carbocycles. The number of hydrogen-bond acceptors (Lipinski definition) is 4. The Balaban J connectivity index is 3.77. The van der Waals surface area contributed by atoms with Crippen molar-refractivity contribution >= 4 is 11.9 Å². The third-order valence-electron chi connectivity index (χ3n) is 1.86. The molecule has 0 spiro atoms. The summed E-state index contributed by atoms with van der Waals surface area (Å²) >= 11 is 0. The SMILES string of the molecule is CCOC(=O)CNC(=O)C(CC)CN. The standard InChI is InChI=1S/C9H18N2O3/c1-3-7(5-10)9(13)11-6-8(12)14-4-2/h7H,3-6,10H2,1-2H3,(H,11,13). The number of nitrogens with one attached hydrogen (secondary N) is 1. The van der Waals surface area contributed by atoms with Crippen LogP contribution in [0.5, 0.6) is 0 Å². The van der Waals surface area contributed by atoms with E-state index in [1.807, 2.05) is 6.92 Å². The maximum absolute atomic E-state index is 11.3. The fourth-order valence-corrected chi connectivity index (χ4v) is 0.975. The Bertz CT molecular complexity index is 190. The Hall–Kier alpha value is -1.10. The molecule has 1 unspecified atom stereocenters. The zero-order valence-corrected chi connectivity index (χ0v) is 8.71. The highest BCUT2D eigenvalue weighted by atomic mass is 16.5. The van der Waals surface area contributed by atoms with Gasteiger partial charge in [-0.15, -0.1) is 0 Å². The number of hydrogen-bond donors (Lipinski definition) is 2. The largest absolute Gasteiger partial charge is 0.465 e. The van der Waals surface area contributed by atoms with Crippen LogP contribution in [0.15, 0.2) is 0 Å². The highest BCUT2D eigenvalue weighted by Crippen LogP contribution is 1.98. The molecule has 82 valence electrons. The molecule has 0 rings (SSSR count). The van der Waals surface area contributed by atoms with Gasteiger partial charge >= 0.3 is 5.97 Å². The summed E-state index contributed by atoms with van der Waals surface area (Å²) in [4.78, 5) is 22.2. The third kappa shape index (κ3) is 4.81. The Morgan fingerprint density at radius 1 is 1.43 bits per heavy atom. The molecule has 5 nitrogen and oxygen atoms in total. The minimum absolute atomic E-state index is 0.0802. The Morgan fingerprint density at radius 3 is 2.50 bits per heavy atom. The first-order valence-corrected chi connectivity index (χ1v) is 4.79. The zero-order valence-electron chi connectivity index (χ0n) is 8.71. The van der Waals surface area contributed by atoms with Crippen LogP contribution in [0.2, 0.25) is 0 Å². The van der Waals surface area contributed by atoms with Crippen LogP contribution in [0.4, 0.5) is 0 Å². The number of ether oxygens (including phenoxy) is 1. The highest BCUT2D eigenvalue weighted by molar-refractivity contribution is 5.83. The molecule has 0 aromatic rings. The summed E-state index contributed by atoms with van der Waals surface area (Å²) in [7, 11) is 0. The molecular formula is C9H18N2O3. The van der Waals surface area contributed by atoms with Gasteiger partial charge in [0, 0.05) is 12.5 Å². The van der Waals surface area contributed by atoms with Gasteiger partial charge in [-0.25, -0.2) is 0 Å². The molecule has 0 bridgehead atoms. The predicted octanol–water partition coefficient (Wildman–Crippen LogP) is -0.349. The predicted molar refractivity (Wildman–Crippen MR) is 52.5 cm³/mol. The number of rotatable bonds is 6. The van der Waals surface area contributed by atoms with E-state index in [9.17, 15) is 9.59 Å². The van der Waals surface area contributed by atoms with Crippen LogP contribution in [-0.4, -0.2) is 31.6 Å². The molecule has 14 heavy (non-hydrogen) atoms. The van der Waals surface area contributed by atoms with Crippen molar-refractivity contribution < 1.29 is 14.3 Å². The molecule has 0 heterocycles. The van der Waals surface area contributed by atoms with Gasteiger partial charge in [-0.2, -0.15) is 0 Å². The van der Waals surface area contributed by atoms with Gasteiger partial charge in [0.25, 0.3) is 0 Å². The topological polar surface area (TPSA) is 81.4 Å². The van der Waals surface area contributed by atoms with E-state index in [-0.39, 0.29) is 18.4 Å². The summed E-state index contributed by atoms with van der Waals surface area (Å²) in [6.07, 6.45) is 0.672. The normalized spacial score (nSPS) is 11.9. The summed E-state index contributed by atoms with van der Waals surface area (Å²) < 4.78 is 4.65. The van der Waals surface area contributed by atoms with Crippen LogP contribution in [0.3, 0.4) is 0 Å². The molecule has 1 atom stereocenters. The first-order chi connectivity index (χ1) is 6.65. The second kappa shape index (κ2) is 7.32. The zero-order chi connectivity index (χ0) is 11.0. The van der Waals surface area contributed by atoms with Crippen molar-refractivity contribution in [2.24, 2.45) is 11.7 Å². The Kier molecular flexibility index (Phi) is 6.74. The summed E-state index contributed by atoms with van der Waals surface area (Å²) in [6.45, 7) is 4.13. The van der Waals surface area contributed by atoms with Gasteiger partial charge in [-0.3, -0.25) is 9.59 Å². The van der Waals surface area contributed by atoms with Gasteiger partial charge in [-0.05, 0) is 13.3 Å². The lowest BCUT2D eigenvalue weighted by molar-refractivity contribution is -0.143. The molecule has 3 N–H and O–H groups in total. The molecular weight excluding hydrogens is 184 g/mol. The van der Waals surface area contributed by atoms with Crippen LogP contribution in [0.1, 0.15) is 20.3 Å². The molecule has 0 aliphatic carbocycles. The summed E-state index contributed by atoms with van der Waals surface area (Å²) in [5.74, 6) is -0.833. The fraction of sp³-hybridized carbons (Fsp3) is 0.778. The van der Waals surface area contributed by atoms with Crippen LogP contribution < -0.4 is 11.1 Å². The van der Waals surface area contributed by atoms with Gasteiger partial charge < -0.3 is 15.8 Å². The van der Waals surface area contributed by atoms with E-state index in [0.717, 1.165) is 0 Å². The van der Waals surface area contributed by atoms with Gasteiger partial charge in [0.2, 0.25) is 5.91 Å². The van der Waals surface area contributed by atoms with E-state index in [4.69, 9.17) is 5.73 Å². The highest BCUT2D eigenvalue weighted by Gasteiger charge is 2.14. The lowest BCUT2D eigenvalue weighted by Gasteiger charge is -2.11. The minimum Gasteiger partial charge on any atom is -0.465 e. The van der Waals surface area contributed by atoms with Crippen molar-refractivity contribution in [2.75, 3.05) is 19.7 Å². The van der Waals surface area contributed by atoms with E-state index in [1.165, 1.54) is 0 Å². The van der Waals surface area contributed by atoms with E-state index in [0.29, 0.717) is 19.6 Å². The molecule has 1 amide bonds. The lowest BCUT2D eigenvalue weighted by atomic mass is 10.1. The van der Waals surface area contributed by atoms with E-state index in [1.54, 1.807) is 6.92 Å². The average molecular weight is 202 g/mol. The van der Waals surface area contributed by atoms with Crippen molar-refractivity contribution in [2.45, 2.75) is 20.3 Å². The van der Waals surface area contributed by atoms with Gasteiger partial charge in [0.15, 0.2) is 0 Å². The van der Waals surface area contributed by atoms with E-state index >= 15 is 0 Å². The van der Waals surface area contributed by atoms with Crippen LogP contribution >= 0.6 is 0 Å². The minimum atomic E-state index is -0.423. The first kappa shape index (κ1) is 12.9. The number of carbonyl (C=O) groups excluding carboxylic acids is 2. The van der Waals surface area contributed by atoms with Crippen molar-refractivity contribution in [1.82, 2.24) is 5.32 Å². The molecule has 0 aliphatic rings. The number of esters is 1. The van der Waals surface area contributed by atoms with Crippen molar-refractivity contribution in [3.8, 4) is 0 Å². The number of carbonyl (C=O) groups is 2. The van der Waals surface area contributed by atoms with E-state index in [2.05, 4.69) is 10.1 Å². The third-order valence-corrected chi connectivity index (χ3v) is 1.86. The van der Waals surface area contributed by atoms with Crippen molar-refractivity contribution in [3.63, 3.8) is 0 Å². The first-order valence-electron chi connectivity index (χ1n) is 4.79. The fourth-order valence-electron chi connectivity index (χ4n) is 0.975. The molecule has 0 saturated heterocycles. The second-order valence-corrected chi connectivity index (χ2v) is 2.86. The maximum atomic E-state index is 11.3. The summed E-state index contributed by atoms with van der Waals surface area (Å²) in [5, 5.41) is 2.48. The van der Waals surface area contributed by atoms with Gasteiger partial charge in [0.05, 0.1) is 6.61 Å². The quantitative estimate of drug-likeness (QED) is 0.577. The maximum Gasteiger partial charge on any atom is 0.325 e. The Labute approximate surface area is 84.0 Å². The summed E-state index contributed by atoms with van der Waals surface area (Å²) in [6, 6.07) is 0. The molecule has 0 saturated carbocycles. The average Bonchev–Trinajstić information content (AvgIpc) is 2.17. The molecule has 0 aliphatic heterocycles. The molecule has 0 aromatic heterocycles. The van der Waals surface area contributed by atoms with Crippen molar-refractivity contribution in [3.05, 3.63) is 0 Å². The van der Waals surface area contributed by atoms with Crippen molar-refractivity contribution in [1.29, 1.82) is 0 Å². The number of nitrogens with two attached hydrogens (primary N) is 1. The van der Waals surface area contributed by atoms with Gasteiger partial charge in [-0.1, -0.05) is 6.92 Å². The molecule has 0 fully saturated rings. The smallest absolute Gasteiger partial charge is 0.325 e. The molecule has 0 radical (unpaired) electrons.